The minimum Gasteiger partial charge on any atom is -0.457 e. The molecule has 0 aromatic heterocycles. The van der Waals surface area contributed by atoms with E-state index in [0.29, 0.717) is 12.8 Å². The Hall–Kier alpha value is -1.84. The predicted octanol–water partition coefficient (Wildman–Crippen LogP) is 3.46. The Morgan fingerprint density at radius 1 is 1.05 bits per heavy atom. The molecule has 0 aliphatic heterocycles. The molecule has 0 aliphatic carbocycles. The molecular formula is C17H20O3. The molecule has 0 saturated carbocycles. The number of aliphatic hydroxyl groups is 2. The maximum absolute atomic E-state index is 9.76. The van der Waals surface area contributed by atoms with Gasteiger partial charge in [0.1, 0.15) is 11.5 Å². The van der Waals surface area contributed by atoms with Gasteiger partial charge >= 0.3 is 0 Å². The van der Waals surface area contributed by atoms with Crippen molar-refractivity contribution in [1.82, 2.24) is 0 Å². The molecule has 0 radical (unpaired) electrons. The van der Waals surface area contributed by atoms with Gasteiger partial charge in [-0.05, 0) is 42.2 Å². The van der Waals surface area contributed by atoms with Crippen LogP contribution in [-0.2, 0) is 6.42 Å². The van der Waals surface area contributed by atoms with Gasteiger partial charge in [0, 0.05) is 6.61 Å². The van der Waals surface area contributed by atoms with Crippen LogP contribution in [0.4, 0.5) is 0 Å². The first-order valence-corrected chi connectivity index (χ1v) is 6.89. The molecule has 1 atom stereocenters. The van der Waals surface area contributed by atoms with Crippen LogP contribution in [0.25, 0.3) is 0 Å². The van der Waals surface area contributed by atoms with E-state index in [0.717, 1.165) is 22.6 Å². The molecule has 0 bridgehead atoms. The number of hydrogen-bond donors (Lipinski definition) is 2. The van der Waals surface area contributed by atoms with Gasteiger partial charge in [0.2, 0.25) is 0 Å². The summed E-state index contributed by atoms with van der Waals surface area (Å²) in [5.41, 5.74) is 1.87. The zero-order chi connectivity index (χ0) is 14.4. The maximum atomic E-state index is 9.76. The van der Waals surface area contributed by atoms with Crippen molar-refractivity contribution in [2.24, 2.45) is 0 Å². The van der Waals surface area contributed by atoms with Crippen molar-refractivity contribution in [2.45, 2.75) is 25.9 Å². The molecule has 0 amide bonds. The van der Waals surface area contributed by atoms with Crippen LogP contribution >= 0.6 is 0 Å². The van der Waals surface area contributed by atoms with E-state index in [9.17, 15) is 5.11 Å². The highest BCUT2D eigenvalue weighted by atomic mass is 16.5. The predicted molar refractivity (Wildman–Crippen MR) is 79.0 cm³/mol. The summed E-state index contributed by atoms with van der Waals surface area (Å²) >= 11 is 0. The molecule has 0 heterocycles. The van der Waals surface area contributed by atoms with Crippen LogP contribution in [0.15, 0.2) is 48.5 Å². The van der Waals surface area contributed by atoms with Crippen molar-refractivity contribution in [3.63, 3.8) is 0 Å². The highest BCUT2D eigenvalue weighted by Crippen LogP contribution is 2.27. The van der Waals surface area contributed by atoms with Crippen LogP contribution in [0.2, 0.25) is 0 Å². The molecule has 2 rings (SSSR count). The Kier molecular flexibility index (Phi) is 5.16. The van der Waals surface area contributed by atoms with Crippen LogP contribution in [0.5, 0.6) is 11.5 Å². The van der Waals surface area contributed by atoms with Crippen molar-refractivity contribution < 1.29 is 14.9 Å². The van der Waals surface area contributed by atoms with Gasteiger partial charge in [0.15, 0.2) is 0 Å². The van der Waals surface area contributed by atoms with Crippen molar-refractivity contribution in [2.75, 3.05) is 6.61 Å². The highest BCUT2D eigenvalue weighted by molar-refractivity contribution is 5.38. The Labute approximate surface area is 119 Å². The number of para-hydroxylation sites is 1. The van der Waals surface area contributed by atoms with E-state index in [1.807, 2.05) is 55.5 Å². The first-order chi connectivity index (χ1) is 9.74. The summed E-state index contributed by atoms with van der Waals surface area (Å²) in [5, 5.41) is 18.8. The summed E-state index contributed by atoms with van der Waals surface area (Å²) in [7, 11) is 0. The van der Waals surface area contributed by atoms with Crippen LogP contribution < -0.4 is 4.74 Å². The lowest BCUT2D eigenvalue weighted by Gasteiger charge is -2.12. The second-order valence-electron chi connectivity index (χ2n) is 4.68. The molecule has 0 fully saturated rings. The fourth-order valence-corrected chi connectivity index (χ4v) is 2.05. The lowest BCUT2D eigenvalue weighted by molar-refractivity contribution is 0.173. The topological polar surface area (TPSA) is 49.7 Å². The third-order valence-corrected chi connectivity index (χ3v) is 3.23. The van der Waals surface area contributed by atoms with Crippen molar-refractivity contribution in [3.05, 3.63) is 59.7 Å². The number of benzene rings is 2. The molecule has 20 heavy (non-hydrogen) atoms. The van der Waals surface area contributed by atoms with Gasteiger partial charge in [0.05, 0.1) is 6.10 Å². The minimum absolute atomic E-state index is 0.0992. The third kappa shape index (κ3) is 3.59. The first kappa shape index (κ1) is 14.6. The van der Waals surface area contributed by atoms with E-state index in [4.69, 9.17) is 9.84 Å². The average Bonchev–Trinajstić information content (AvgIpc) is 2.49. The number of hydrogen-bond acceptors (Lipinski definition) is 3. The van der Waals surface area contributed by atoms with Crippen molar-refractivity contribution in [3.8, 4) is 11.5 Å². The van der Waals surface area contributed by atoms with Crippen molar-refractivity contribution in [1.29, 1.82) is 0 Å². The normalized spacial score (nSPS) is 12.2. The zero-order valence-electron chi connectivity index (χ0n) is 11.6. The lowest BCUT2D eigenvalue weighted by atomic mass is 10.1. The van der Waals surface area contributed by atoms with Crippen LogP contribution in [-0.4, -0.2) is 16.8 Å². The van der Waals surface area contributed by atoms with E-state index in [1.165, 1.54) is 0 Å². The SMILES string of the molecule is CCC(O)c1ccc(Oc2ccccc2CCO)cc1. The average molecular weight is 272 g/mol. The number of rotatable bonds is 6. The van der Waals surface area contributed by atoms with E-state index in [2.05, 4.69) is 0 Å². The molecule has 0 saturated heterocycles. The van der Waals surface area contributed by atoms with E-state index in [1.54, 1.807) is 0 Å². The Morgan fingerprint density at radius 2 is 1.75 bits per heavy atom. The first-order valence-electron chi connectivity index (χ1n) is 6.89. The molecule has 2 aromatic carbocycles. The van der Waals surface area contributed by atoms with Gasteiger partial charge in [-0.2, -0.15) is 0 Å². The molecule has 2 aromatic rings. The van der Waals surface area contributed by atoms with E-state index in [-0.39, 0.29) is 6.61 Å². The smallest absolute Gasteiger partial charge is 0.130 e. The van der Waals surface area contributed by atoms with Gasteiger partial charge in [-0.15, -0.1) is 0 Å². The third-order valence-electron chi connectivity index (χ3n) is 3.23. The lowest BCUT2D eigenvalue weighted by Crippen LogP contribution is -1.96. The van der Waals surface area contributed by atoms with Gasteiger partial charge in [-0.25, -0.2) is 0 Å². The molecular weight excluding hydrogens is 252 g/mol. The van der Waals surface area contributed by atoms with Gasteiger partial charge in [0.25, 0.3) is 0 Å². The summed E-state index contributed by atoms with van der Waals surface area (Å²) < 4.78 is 5.84. The standard InChI is InChI=1S/C17H20O3/c1-2-16(19)13-7-9-15(10-8-13)20-17-6-4-3-5-14(17)11-12-18/h3-10,16,18-19H,2,11-12H2,1H3. The van der Waals surface area contributed by atoms with Gasteiger partial charge in [-0.1, -0.05) is 37.3 Å². The van der Waals surface area contributed by atoms with Gasteiger partial charge < -0.3 is 14.9 Å². The molecule has 1 unspecified atom stereocenters. The van der Waals surface area contributed by atoms with Crippen LogP contribution in [0, 0.1) is 0 Å². The minimum atomic E-state index is -0.425. The maximum Gasteiger partial charge on any atom is 0.130 e. The molecule has 2 N–H and O–H groups in total. The second-order valence-corrected chi connectivity index (χ2v) is 4.68. The Balaban J connectivity index is 2.14. The fourth-order valence-electron chi connectivity index (χ4n) is 2.05. The molecule has 106 valence electrons. The molecule has 3 heteroatoms. The van der Waals surface area contributed by atoms with Crippen molar-refractivity contribution >= 4 is 0 Å². The van der Waals surface area contributed by atoms with Crippen LogP contribution in [0.3, 0.4) is 0 Å². The number of ether oxygens (including phenoxy) is 1. The summed E-state index contributed by atoms with van der Waals surface area (Å²) in [5.74, 6) is 1.48. The summed E-state index contributed by atoms with van der Waals surface area (Å²) in [4.78, 5) is 0. The fraction of sp³-hybridized carbons (Fsp3) is 0.294. The quantitative estimate of drug-likeness (QED) is 0.846. The largest absolute Gasteiger partial charge is 0.457 e. The Bertz CT molecular complexity index is 534. The monoisotopic (exact) mass is 272 g/mol. The molecule has 3 nitrogen and oxygen atoms in total. The van der Waals surface area contributed by atoms with E-state index < -0.39 is 6.10 Å². The zero-order valence-corrected chi connectivity index (χ0v) is 11.6. The summed E-state index contributed by atoms with van der Waals surface area (Å²) in [6.07, 6.45) is 0.841. The number of aliphatic hydroxyl groups excluding tert-OH is 2. The Morgan fingerprint density at radius 3 is 2.40 bits per heavy atom. The highest BCUT2D eigenvalue weighted by Gasteiger charge is 2.06. The molecule has 0 aliphatic rings. The molecule has 0 spiro atoms. The van der Waals surface area contributed by atoms with E-state index >= 15 is 0 Å². The second kappa shape index (κ2) is 7.08. The van der Waals surface area contributed by atoms with Gasteiger partial charge in [-0.3, -0.25) is 0 Å². The summed E-state index contributed by atoms with van der Waals surface area (Å²) in [6, 6.07) is 15.1. The summed E-state index contributed by atoms with van der Waals surface area (Å²) in [6.45, 7) is 2.04. The van der Waals surface area contributed by atoms with Crippen LogP contribution in [0.1, 0.15) is 30.6 Å².